The van der Waals surface area contributed by atoms with Gasteiger partial charge in [-0.15, -0.1) is 0 Å². The quantitative estimate of drug-likeness (QED) is 0.789. The second-order valence-corrected chi connectivity index (χ2v) is 5.66. The van der Waals surface area contributed by atoms with Crippen molar-refractivity contribution >= 4 is 5.97 Å². The van der Waals surface area contributed by atoms with E-state index in [4.69, 9.17) is 9.47 Å². The fraction of sp³-hybridized carbons (Fsp3) is 0.316. The summed E-state index contributed by atoms with van der Waals surface area (Å²) in [7, 11) is 0. The van der Waals surface area contributed by atoms with Crippen LogP contribution in [0.1, 0.15) is 29.9 Å². The van der Waals surface area contributed by atoms with Crippen LogP contribution in [0.4, 0.5) is 0 Å². The highest BCUT2D eigenvalue weighted by atomic mass is 16.6. The summed E-state index contributed by atoms with van der Waals surface area (Å²) < 4.78 is 11.1. The number of carbonyl (C=O) groups excluding carboxylic acids is 1. The van der Waals surface area contributed by atoms with Crippen LogP contribution in [-0.4, -0.2) is 18.7 Å². The van der Waals surface area contributed by atoms with Crippen molar-refractivity contribution in [2.24, 2.45) is 0 Å². The van der Waals surface area contributed by atoms with E-state index in [1.807, 2.05) is 48.5 Å². The van der Waals surface area contributed by atoms with E-state index in [0.29, 0.717) is 19.6 Å². The topological polar surface area (TPSA) is 35.5 Å². The molecule has 2 atom stereocenters. The van der Waals surface area contributed by atoms with Crippen LogP contribution in [0.3, 0.4) is 0 Å². The number of cyclic esters (lactones) is 1. The van der Waals surface area contributed by atoms with Gasteiger partial charge in [-0.25, -0.2) is 0 Å². The predicted molar refractivity (Wildman–Crippen MR) is 84.4 cm³/mol. The third kappa shape index (κ3) is 3.95. The average molecular weight is 296 g/mol. The first-order valence-corrected chi connectivity index (χ1v) is 7.67. The molecule has 0 unspecified atom stereocenters. The highest BCUT2D eigenvalue weighted by Gasteiger charge is 2.29. The van der Waals surface area contributed by atoms with Gasteiger partial charge in [-0.2, -0.15) is 0 Å². The first kappa shape index (κ1) is 14.8. The number of hydrogen-bond acceptors (Lipinski definition) is 3. The molecule has 0 amide bonds. The molecule has 0 saturated carbocycles. The maximum atomic E-state index is 11.8. The molecule has 0 radical (unpaired) electrons. The molecule has 3 rings (SSSR count). The van der Waals surface area contributed by atoms with E-state index in [1.54, 1.807) is 0 Å². The Balaban J connectivity index is 1.54. The molecule has 1 heterocycles. The Bertz CT molecular complexity index is 595. The smallest absolute Gasteiger partial charge is 0.306 e. The average Bonchev–Trinajstić information content (AvgIpc) is 2.56. The standard InChI is InChI=1S/C19H20O3/c20-19-12-17(16-9-5-2-6-10-16)11-18(22-19)14-21-13-15-7-3-1-4-8-15/h1-10,17-18H,11-14H2/t17-,18+/m0/s1. The monoisotopic (exact) mass is 296 g/mol. The van der Waals surface area contributed by atoms with Crippen LogP contribution in [0, 0.1) is 0 Å². The lowest BCUT2D eigenvalue weighted by molar-refractivity contribution is -0.158. The van der Waals surface area contributed by atoms with Crippen molar-refractivity contribution in [1.29, 1.82) is 0 Å². The van der Waals surface area contributed by atoms with Crippen molar-refractivity contribution in [3.8, 4) is 0 Å². The van der Waals surface area contributed by atoms with E-state index < -0.39 is 0 Å². The number of hydrogen-bond donors (Lipinski definition) is 0. The van der Waals surface area contributed by atoms with Gasteiger partial charge in [0.15, 0.2) is 0 Å². The van der Waals surface area contributed by atoms with Crippen LogP contribution in [0.25, 0.3) is 0 Å². The molecule has 3 heteroatoms. The van der Waals surface area contributed by atoms with Gasteiger partial charge in [0, 0.05) is 0 Å². The van der Waals surface area contributed by atoms with Crippen LogP contribution in [0.5, 0.6) is 0 Å². The summed E-state index contributed by atoms with van der Waals surface area (Å²) in [6, 6.07) is 20.2. The summed E-state index contributed by atoms with van der Waals surface area (Å²) in [6.45, 7) is 0.995. The first-order valence-electron chi connectivity index (χ1n) is 7.67. The highest BCUT2D eigenvalue weighted by Crippen LogP contribution is 2.30. The number of rotatable bonds is 5. The zero-order valence-electron chi connectivity index (χ0n) is 12.5. The van der Waals surface area contributed by atoms with Gasteiger partial charge in [0.25, 0.3) is 0 Å². The Morgan fingerprint density at radius 2 is 1.68 bits per heavy atom. The lowest BCUT2D eigenvalue weighted by Gasteiger charge is -2.29. The minimum atomic E-state index is -0.157. The maximum absolute atomic E-state index is 11.8. The minimum absolute atomic E-state index is 0.131. The van der Waals surface area contributed by atoms with E-state index in [1.165, 1.54) is 5.56 Å². The molecule has 2 aromatic carbocycles. The Kier molecular flexibility index (Phi) is 4.86. The van der Waals surface area contributed by atoms with E-state index in [9.17, 15) is 4.79 Å². The van der Waals surface area contributed by atoms with Gasteiger partial charge in [0.1, 0.15) is 6.10 Å². The number of ether oxygens (including phenoxy) is 2. The summed E-state index contributed by atoms with van der Waals surface area (Å²) in [5, 5.41) is 0. The van der Waals surface area contributed by atoms with Gasteiger partial charge >= 0.3 is 5.97 Å². The van der Waals surface area contributed by atoms with Crippen LogP contribution in [0.2, 0.25) is 0 Å². The molecule has 0 N–H and O–H groups in total. The molecule has 0 aromatic heterocycles. The highest BCUT2D eigenvalue weighted by molar-refractivity contribution is 5.71. The Morgan fingerprint density at radius 3 is 2.41 bits per heavy atom. The van der Waals surface area contributed by atoms with Crippen LogP contribution >= 0.6 is 0 Å². The normalized spacial score (nSPS) is 21.4. The molecule has 0 spiro atoms. The van der Waals surface area contributed by atoms with E-state index >= 15 is 0 Å². The van der Waals surface area contributed by atoms with Crippen molar-refractivity contribution in [2.45, 2.75) is 31.5 Å². The first-order chi connectivity index (χ1) is 10.8. The van der Waals surface area contributed by atoms with Crippen molar-refractivity contribution < 1.29 is 14.3 Å². The number of esters is 1. The van der Waals surface area contributed by atoms with Crippen molar-refractivity contribution in [2.75, 3.05) is 6.61 Å². The fourth-order valence-electron chi connectivity index (χ4n) is 2.85. The van der Waals surface area contributed by atoms with Crippen molar-refractivity contribution in [3.63, 3.8) is 0 Å². The molecule has 0 aliphatic carbocycles. The summed E-state index contributed by atoms with van der Waals surface area (Å²) in [6.07, 6.45) is 1.12. The van der Waals surface area contributed by atoms with Crippen LogP contribution in [-0.2, 0) is 20.9 Å². The number of benzene rings is 2. The lowest BCUT2D eigenvalue weighted by atomic mass is 9.88. The zero-order chi connectivity index (χ0) is 15.2. The Morgan fingerprint density at radius 1 is 1.00 bits per heavy atom. The largest absolute Gasteiger partial charge is 0.460 e. The molecule has 2 aromatic rings. The molecule has 1 saturated heterocycles. The zero-order valence-corrected chi connectivity index (χ0v) is 12.5. The summed E-state index contributed by atoms with van der Waals surface area (Å²) in [4.78, 5) is 11.8. The molecule has 1 aliphatic heterocycles. The fourth-order valence-corrected chi connectivity index (χ4v) is 2.85. The van der Waals surface area contributed by atoms with Gasteiger partial charge in [-0.1, -0.05) is 60.7 Å². The minimum Gasteiger partial charge on any atom is -0.460 e. The van der Waals surface area contributed by atoms with E-state index in [2.05, 4.69) is 12.1 Å². The third-order valence-corrected chi connectivity index (χ3v) is 3.94. The molecule has 1 fully saturated rings. The van der Waals surface area contributed by atoms with Gasteiger partial charge in [0.2, 0.25) is 0 Å². The van der Waals surface area contributed by atoms with Crippen LogP contribution in [0.15, 0.2) is 60.7 Å². The second kappa shape index (κ2) is 7.23. The lowest BCUT2D eigenvalue weighted by Crippen LogP contribution is -2.32. The van der Waals surface area contributed by atoms with Gasteiger partial charge in [-0.3, -0.25) is 4.79 Å². The molecular formula is C19H20O3. The summed E-state index contributed by atoms with van der Waals surface area (Å²) in [5.74, 6) is 0.0983. The molecule has 114 valence electrons. The number of carbonyl (C=O) groups is 1. The predicted octanol–water partition coefficient (Wildman–Crippen LogP) is 3.69. The molecule has 22 heavy (non-hydrogen) atoms. The molecule has 3 nitrogen and oxygen atoms in total. The van der Waals surface area contributed by atoms with Crippen molar-refractivity contribution in [3.05, 3.63) is 71.8 Å². The molecular weight excluding hydrogens is 276 g/mol. The third-order valence-electron chi connectivity index (χ3n) is 3.94. The summed E-state index contributed by atoms with van der Waals surface area (Å²) in [5.41, 5.74) is 2.33. The molecule has 0 bridgehead atoms. The van der Waals surface area contributed by atoms with Gasteiger partial charge in [-0.05, 0) is 23.5 Å². The second-order valence-electron chi connectivity index (χ2n) is 5.66. The van der Waals surface area contributed by atoms with Gasteiger partial charge in [0.05, 0.1) is 19.6 Å². The van der Waals surface area contributed by atoms with E-state index in [-0.39, 0.29) is 18.0 Å². The van der Waals surface area contributed by atoms with Crippen molar-refractivity contribution in [1.82, 2.24) is 0 Å². The summed E-state index contributed by atoms with van der Waals surface area (Å²) >= 11 is 0. The molecule has 1 aliphatic rings. The van der Waals surface area contributed by atoms with E-state index in [0.717, 1.165) is 12.0 Å². The van der Waals surface area contributed by atoms with Gasteiger partial charge < -0.3 is 9.47 Å². The maximum Gasteiger partial charge on any atom is 0.306 e. The Labute approximate surface area is 130 Å². The van der Waals surface area contributed by atoms with Crippen LogP contribution < -0.4 is 0 Å². The SMILES string of the molecule is O=C1C[C@@H](c2ccccc2)C[C@H](COCc2ccccc2)O1. The Hall–Kier alpha value is -2.13.